The van der Waals surface area contributed by atoms with Gasteiger partial charge in [-0.3, -0.25) is 9.59 Å². The van der Waals surface area contributed by atoms with Crippen molar-refractivity contribution >= 4 is 23.5 Å². The van der Waals surface area contributed by atoms with E-state index in [0.29, 0.717) is 0 Å². The van der Waals surface area contributed by atoms with E-state index in [4.69, 9.17) is 4.74 Å². The van der Waals surface area contributed by atoms with Gasteiger partial charge in [0, 0.05) is 11.7 Å². The molecular formula is C15H22O5S. The van der Waals surface area contributed by atoms with Crippen LogP contribution in [0.5, 0.6) is 0 Å². The minimum atomic E-state index is -2.10. The molecule has 4 atom stereocenters. The van der Waals surface area contributed by atoms with Crippen molar-refractivity contribution in [1.82, 2.24) is 0 Å². The number of carbonyl (C=O) groups excluding carboxylic acids is 2. The quantitative estimate of drug-likeness (QED) is 0.754. The van der Waals surface area contributed by atoms with E-state index in [9.17, 15) is 19.8 Å². The molecule has 0 aromatic carbocycles. The van der Waals surface area contributed by atoms with Crippen LogP contribution in [0.15, 0.2) is 12.2 Å². The maximum Gasteiger partial charge on any atom is 0.313 e. The average molecular weight is 314 g/mol. The molecule has 0 aromatic rings. The van der Waals surface area contributed by atoms with Crippen LogP contribution in [-0.4, -0.2) is 50.8 Å². The number of rotatable bonds is 3. The van der Waals surface area contributed by atoms with E-state index < -0.39 is 40.4 Å². The van der Waals surface area contributed by atoms with Crippen molar-refractivity contribution in [3.8, 4) is 0 Å². The molecule has 118 valence electrons. The minimum absolute atomic E-state index is 0.184. The third-order valence-electron chi connectivity index (χ3n) is 4.18. The van der Waals surface area contributed by atoms with Crippen molar-refractivity contribution in [2.24, 2.45) is 11.8 Å². The summed E-state index contributed by atoms with van der Waals surface area (Å²) in [6.07, 6.45) is 4.86. The molecule has 0 saturated heterocycles. The zero-order valence-electron chi connectivity index (χ0n) is 12.8. The normalized spacial score (nSPS) is 38.7. The first-order valence-corrected chi connectivity index (χ1v) is 8.35. The van der Waals surface area contributed by atoms with Gasteiger partial charge in [-0.1, -0.05) is 6.08 Å². The van der Waals surface area contributed by atoms with Gasteiger partial charge in [-0.25, -0.2) is 0 Å². The number of carbonyl (C=O) groups is 2. The molecule has 1 saturated carbocycles. The van der Waals surface area contributed by atoms with Crippen molar-refractivity contribution in [2.45, 2.75) is 44.0 Å². The van der Waals surface area contributed by atoms with Crippen LogP contribution < -0.4 is 0 Å². The molecule has 2 aliphatic carbocycles. The van der Waals surface area contributed by atoms with Crippen LogP contribution >= 0.6 is 11.8 Å². The molecule has 21 heavy (non-hydrogen) atoms. The van der Waals surface area contributed by atoms with E-state index in [0.717, 1.165) is 0 Å². The average Bonchev–Trinajstić information content (AvgIpc) is 2.46. The minimum Gasteiger partial charge on any atom is -0.460 e. The molecule has 0 spiro atoms. The Labute approximate surface area is 128 Å². The Balaban J connectivity index is 2.39. The standard InChI is InChI=1S/C15H22O5S/c1-13(2,3)20-12(17)10-7-9-5-6-11(16)15(10,19)14(9,18)8-21-4/h5-6,9-10,18-19H,7-8H2,1-4H3/t9-,10-,14+,15+/m1/s1. The summed E-state index contributed by atoms with van der Waals surface area (Å²) < 4.78 is 5.32. The van der Waals surface area contributed by atoms with Gasteiger partial charge in [0.1, 0.15) is 11.2 Å². The molecule has 0 unspecified atom stereocenters. The SMILES string of the molecule is CSC[C@]1(O)[C@@H]2C=CC(=O)[C@@]1(O)[C@@H](C(=O)OC(C)(C)C)C2. The molecule has 6 heteroatoms. The zero-order valence-corrected chi connectivity index (χ0v) is 13.6. The number of aliphatic hydroxyl groups is 2. The molecular weight excluding hydrogens is 292 g/mol. The Morgan fingerprint density at radius 2 is 2.10 bits per heavy atom. The van der Waals surface area contributed by atoms with Gasteiger partial charge < -0.3 is 14.9 Å². The molecule has 0 aliphatic heterocycles. The zero-order chi connectivity index (χ0) is 16.1. The number of ketones is 1. The van der Waals surface area contributed by atoms with Crippen LogP contribution in [-0.2, 0) is 14.3 Å². The largest absolute Gasteiger partial charge is 0.460 e. The Bertz CT molecular complexity index is 495. The first-order valence-electron chi connectivity index (χ1n) is 6.95. The predicted octanol–water partition coefficient (Wildman–Crippen LogP) is 0.928. The summed E-state index contributed by atoms with van der Waals surface area (Å²) in [6.45, 7) is 5.18. The van der Waals surface area contributed by atoms with Gasteiger partial charge >= 0.3 is 5.97 Å². The number of esters is 1. The van der Waals surface area contributed by atoms with Gasteiger partial charge in [0.2, 0.25) is 0 Å². The fourth-order valence-corrected chi connectivity index (χ4v) is 4.11. The van der Waals surface area contributed by atoms with Gasteiger partial charge in [-0.2, -0.15) is 11.8 Å². The van der Waals surface area contributed by atoms with Crippen molar-refractivity contribution in [2.75, 3.05) is 12.0 Å². The number of ether oxygens (including phenoxy) is 1. The van der Waals surface area contributed by atoms with E-state index in [-0.39, 0.29) is 12.2 Å². The van der Waals surface area contributed by atoms with E-state index >= 15 is 0 Å². The first kappa shape index (κ1) is 16.5. The third-order valence-corrected chi connectivity index (χ3v) is 4.91. The highest BCUT2D eigenvalue weighted by molar-refractivity contribution is 7.98. The topological polar surface area (TPSA) is 83.8 Å². The summed E-state index contributed by atoms with van der Waals surface area (Å²) in [4.78, 5) is 24.6. The molecule has 2 rings (SSSR count). The van der Waals surface area contributed by atoms with E-state index in [2.05, 4.69) is 0 Å². The second-order valence-corrected chi connectivity index (χ2v) is 7.64. The van der Waals surface area contributed by atoms with Crippen molar-refractivity contribution in [1.29, 1.82) is 0 Å². The summed E-state index contributed by atoms with van der Waals surface area (Å²) in [6, 6.07) is 0. The van der Waals surface area contributed by atoms with Crippen LogP contribution in [0.1, 0.15) is 27.2 Å². The Hall–Kier alpha value is -0.850. The molecule has 0 radical (unpaired) electrons. The highest BCUT2D eigenvalue weighted by atomic mass is 32.2. The molecule has 2 bridgehead atoms. The summed E-state index contributed by atoms with van der Waals surface area (Å²) in [7, 11) is 0. The summed E-state index contributed by atoms with van der Waals surface area (Å²) in [5, 5.41) is 21.8. The fourth-order valence-electron chi connectivity index (χ4n) is 3.23. The lowest BCUT2D eigenvalue weighted by atomic mass is 9.73. The van der Waals surface area contributed by atoms with Crippen LogP contribution in [0.4, 0.5) is 0 Å². The summed E-state index contributed by atoms with van der Waals surface area (Å²) >= 11 is 1.33. The molecule has 2 N–H and O–H groups in total. The van der Waals surface area contributed by atoms with Crippen molar-refractivity contribution in [3.63, 3.8) is 0 Å². The molecule has 5 nitrogen and oxygen atoms in total. The van der Waals surface area contributed by atoms with Gasteiger partial charge in [0.25, 0.3) is 0 Å². The maximum absolute atomic E-state index is 12.4. The molecule has 1 fully saturated rings. The highest BCUT2D eigenvalue weighted by Crippen LogP contribution is 2.53. The number of fused-ring (bicyclic) bond motifs is 2. The summed E-state index contributed by atoms with van der Waals surface area (Å²) in [5.74, 6) is -2.54. The summed E-state index contributed by atoms with van der Waals surface area (Å²) in [5.41, 5.74) is -4.43. The lowest BCUT2D eigenvalue weighted by molar-refractivity contribution is -0.188. The monoisotopic (exact) mass is 314 g/mol. The van der Waals surface area contributed by atoms with Crippen LogP contribution in [0.3, 0.4) is 0 Å². The lowest BCUT2D eigenvalue weighted by Crippen LogP contribution is -2.64. The highest BCUT2D eigenvalue weighted by Gasteiger charge is 2.70. The van der Waals surface area contributed by atoms with E-state index in [1.807, 2.05) is 0 Å². The van der Waals surface area contributed by atoms with Gasteiger partial charge in [0.05, 0.1) is 5.92 Å². The van der Waals surface area contributed by atoms with Crippen LogP contribution in [0.25, 0.3) is 0 Å². The Kier molecular flexibility index (Phi) is 4.02. The van der Waals surface area contributed by atoms with Gasteiger partial charge in [-0.05, 0) is 39.5 Å². The first-order chi connectivity index (χ1) is 9.56. The third kappa shape index (κ3) is 2.43. The second-order valence-electron chi connectivity index (χ2n) is 6.78. The lowest BCUT2D eigenvalue weighted by Gasteiger charge is -2.42. The van der Waals surface area contributed by atoms with Crippen LogP contribution in [0.2, 0.25) is 0 Å². The van der Waals surface area contributed by atoms with Gasteiger partial charge in [0.15, 0.2) is 11.4 Å². The molecule has 2 aliphatic rings. The predicted molar refractivity (Wildman–Crippen MR) is 79.9 cm³/mol. The van der Waals surface area contributed by atoms with Gasteiger partial charge in [-0.15, -0.1) is 0 Å². The second kappa shape index (κ2) is 5.11. The Morgan fingerprint density at radius 1 is 1.48 bits per heavy atom. The van der Waals surface area contributed by atoms with E-state index in [1.165, 1.54) is 17.8 Å². The molecule has 0 heterocycles. The van der Waals surface area contributed by atoms with Crippen molar-refractivity contribution < 1.29 is 24.5 Å². The number of hydrogen-bond donors (Lipinski definition) is 2. The molecule has 0 aromatic heterocycles. The fraction of sp³-hybridized carbons (Fsp3) is 0.733. The molecule has 0 amide bonds. The number of thioether (sulfide) groups is 1. The maximum atomic E-state index is 12.4. The van der Waals surface area contributed by atoms with Crippen LogP contribution in [0, 0.1) is 11.8 Å². The Morgan fingerprint density at radius 3 is 2.62 bits per heavy atom. The smallest absolute Gasteiger partial charge is 0.313 e. The van der Waals surface area contributed by atoms with Crippen molar-refractivity contribution in [3.05, 3.63) is 12.2 Å². The number of hydrogen-bond acceptors (Lipinski definition) is 6. The van der Waals surface area contributed by atoms with E-state index in [1.54, 1.807) is 33.1 Å².